The molecule has 0 heterocycles. The molecule has 5 rings (SSSR count). The number of hydrogen-bond donors (Lipinski definition) is 0. The van der Waals surface area contributed by atoms with Gasteiger partial charge >= 0.3 is 0 Å². The summed E-state index contributed by atoms with van der Waals surface area (Å²) < 4.78 is 0. The Bertz CT molecular complexity index is 480. The van der Waals surface area contributed by atoms with Crippen LogP contribution in [0.4, 0.5) is 0 Å². The number of fused-ring (bicyclic) bond motifs is 2. The highest BCUT2D eigenvalue weighted by Crippen LogP contribution is 2.86. The van der Waals surface area contributed by atoms with Crippen LogP contribution in [0.25, 0.3) is 0 Å². The zero-order chi connectivity index (χ0) is 15.3. The molecule has 10 atom stereocenters. The fraction of sp³-hybridized carbons (Fsp3) is 1.00. The van der Waals surface area contributed by atoms with Crippen molar-refractivity contribution >= 4 is 0 Å². The highest BCUT2D eigenvalue weighted by atomic mass is 14.8. The Hall–Kier alpha value is 0. The molecule has 0 heteroatoms. The quantitative estimate of drug-likeness (QED) is 0.503. The second-order valence-corrected chi connectivity index (χ2v) is 10.4. The van der Waals surface area contributed by atoms with Crippen LogP contribution in [0, 0.1) is 58.2 Å². The summed E-state index contributed by atoms with van der Waals surface area (Å²) in [5, 5.41) is 0. The van der Waals surface area contributed by atoms with E-state index < -0.39 is 0 Å². The summed E-state index contributed by atoms with van der Waals surface area (Å²) in [6.07, 6.45) is 12.8. The summed E-state index contributed by atoms with van der Waals surface area (Å²) in [7, 11) is 0. The van der Waals surface area contributed by atoms with Crippen molar-refractivity contribution in [1.29, 1.82) is 0 Å². The average molecular weight is 301 g/mol. The predicted molar refractivity (Wildman–Crippen MR) is 92.4 cm³/mol. The molecule has 5 saturated carbocycles. The second-order valence-electron chi connectivity index (χ2n) is 10.4. The highest BCUT2D eigenvalue weighted by Gasteiger charge is 2.79. The normalized spacial score (nSPS) is 66.0. The van der Waals surface area contributed by atoms with E-state index in [2.05, 4.69) is 27.7 Å². The molecule has 10 unspecified atom stereocenters. The predicted octanol–water partition coefficient (Wildman–Crippen LogP) is 6.16. The molecule has 0 aromatic heterocycles. The molecule has 22 heavy (non-hydrogen) atoms. The minimum atomic E-state index is 0.787. The highest BCUT2D eigenvalue weighted by molar-refractivity contribution is 5.27. The molecule has 0 amide bonds. The number of hydrogen-bond acceptors (Lipinski definition) is 0. The Morgan fingerprint density at radius 3 is 2.32 bits per heavy atom. The zero-order valence-electron chi connectivity index (χ0n) is 15.3. The molecule has 0 aromatic carbocycles. The third kappa shape index (κ3) is 1.39. The summed E-state index contributed by atoms with van der Waals surface area (Å²) in [5.74, 6) is 8.36. The van der Waals surface area contributed by atoms with Gasteiger partial charge in [0.25, 0.3) is 0 Å². The Morgan fingerprint density at radius 1 is 0.727 bits per heavy atom. The third-order valence-electron chi connectivity index (χ3n) is 10.7. The lowest BCUT2D eigenvalue weighted by Crippen LogP contribution is -2.52. The summed E-state index contributed by atoms with van der Waals surface area (Å²) in [6.45, 7) is 10.4. The molecule has 5 aliphatic carbocycles. The monoisotopic (exact) mass is 300 g/mol. The van der Waals surface area contributed by atoms with Crippen molar-refractivity contribution in [3.8, 4) is 0 Å². The molecule has 0 radical (unpaired) electrons. The molecular formula is C22H36. The van der Waals surface area contributed by atoms with Crippen LogP contribution in [0.1, 0.15) is 79.1 Å². The van der Waals surface area contributed by atoms with Crippen molar-refractivity contribution in [3.63, 3.8) is 0 Å². The van der Waals surface area contributed by atoms with Gasteiger partial charge in [-0.1, -0.05) is 40.5 Å². The van der Waals surface area contributed by atoms with Crippen LogP contribution in [0.5, 0.6) is 0 Å². The standard InChI is InChI=1S/C22H36/c1-13-14(2)16(4)22-12-21(22)11-10-17-6-5-7-18(17)20(21)9-8-19(22)15(13)3/h13-20H,5-12H2,1-4H3. The Balaban J connectivity index is 1.55. The first-order valence-electron chi connectivity index (χ1n) is 10.5. The fourth-order valence-corrected chi connectivity index (χ4v) is 9.33. The third-order valence-corrected chi connectivity index (χ3v) is 10.7. The van der Waals surface area contributed by atoms with Crippen molar-refractivity contribution in [1.82, 2.24) is 0 Å². The minimum absolute atomic E-state index is 0.787. The van der Waals surface area contributed by atoms with E-state index in [1.807, 2.05) is 0 Å². The van der Waals surface area contributed by atoms with Crippen molar-refractivity contribution in [2.45, 2.75) is 79.1 Å². The van der Waals surface area contributed by atoms with E-state index in [-0.39, 0.29) is 0 Å². The fourth-order valence-electron chi connectivity index (χ4n) is 9.33. The van der Waals surface area contributed by atoms with Gasteiger partial charge < -0.3 is 0 Å². The van der Waals surface area contributed by atoms with Gasteiger partial charge in [-0.25, -0.2) is 0 Å². The van der Waals surface area contributed by atoms with Gasteiger partial charge in [0, 0.05) is 0 Å². The lowest BCUT2D eigenvalue weighted by molar-refractivity contribution is -0.0986. The van der Waals surface area contributed by atoms with Crippen LogP contribution in [-0.2, 0) is 0 Å². The summed E-state index contributed by atoms with van der Waals surface area (Å²) >= 11 is 0. The maximum absolute atomic E-state index is 2.66. The number of rotatable bonds is 0. The maximum Gasteiger partial charge on any atom is -0.0173 e. The summed E-state index contributed by atoms with van der Waals surface area (Å²) in [5.41, 5.74) is 1.61. The van der Waals surface area contributed by atoms with E-state index in [1.165, 1.54) is 0 Å². The topological polar surface area (TPSA) is 0 Å². The Morgan fingerprint density at radius 2 is 1.50 bits per heavy atom. The molecule has 0 aromatic rings. The summed E-state index contributed by atoms with van der Waals surface area (Å²) in [4.78, 5) is 0. The second kappa shape index (κ2) is 4.34. The van der Waals surface area contributed by atoms with Crippen LogP contribution in [-0.4, -0.2) is 0 Å². The lowest BCUT2D eigenvalue weighted by atomic mass is 9.47. The van der Waals surface area contributed by atoms with Crippen molar-refractivity contribution in [2.75, 3.05) is 0 Å². The van der Waals surface area contributed by atoms with Crippen LogP contribution in [0.3, 0.4) is 0 Å². The molecule has 2 spiro atoms. The molecule has 5 fully saturated rings. The van der Waals surface area contributed by atoms with Crippen molar-refractivity contribution < 1.29 is 0 Å². The van der Waals surface area contributed by atoms with E-state index in [1.54, 1.807) is 51.4 Å². The molecule has 0 nitrogen and oxygen atoms in total. The molecule has 0 N–H and O–H groups in total. The molecule has 124 valence electrons. The van der Waals surface area contributed by atoms with Gasteiger partial charge in [0.2, 0.25) is 0 Å². The molecule has 0 bridgehead atoms. The van der Waals surface area contributed by atoms with E-state index in [9.17, 15) is 0 Å². The Labute approximate surface area is 137 Å². The summed E-state index contributed by atoms with van der Waals surface area (Å²) in [6, 6.07) is 0. The van der Waals surface area contributed by atoms with Crippen LogP contribution in [0.15, 0.2) is 0 Å². The van der Waals surface area contributed by atoms with Crippen molar-refractivity contribution in [2.24, 2.45) is 58.2 Å². The largest absolute Gasteiger partial charge is 0.0620 e. The van der Waals surface area contributed by atoms with E-state index >= 15 is 0 Å². The van der Waals surface area contributed by atoms with E-state index in [0.29, 0.717) is 0 Å². The average Bonchev–Trinajstić information content (AvgIpc) is 2.97. The van der Waals surface area contributed by atoms with Crippen LogP contribution >= 0.6 is 0 Å². The van der Waals surface area contributed by atoms with Crippen LogP contribution < -0.4 is 0 Å². The first-order chi connectivity index (χ1) is 10.5. The van der Waals surface area contributed by atoms with Gasteiger partial charge in [0.1, 0.15) is 0 Å². The van der Waals surface area contributed by atoms with E-state index in [0.717, 1.165) is 58.2 Å². The first kappa shape index (κ1) is 14.4. The maximum atomic E-state index is 2.66. The zero-order valence-corrected chi connectivity index (χ0v) is 15.3. The van der Waals surface area contributed by atoms with Crippen molar-refractivity contribution in [3.05, 3.63) is 0 Å². The van der Waals surface area contributed by atoms with Gasteiger partial charge in [0.15, 0.2) is 0 Å². The van der Waals surface area contributed by atoms with Gasteiger partial charge in [0.05, 0.1) is 0 Å². The van der Waals surface area contributed by atoms with Gasteiger partial charge in [-0.05, 0) is 96.7 Å². The smallest absolute Gasteiger partial charge is 0.0173 e. The van der Waals surface area contributed by atoms with Gasteiger partial charge in [-0.2, -0.15) is 0 Å². The van der Waals surface area contributed by atoms with Gasteiger partial charge in [-0.15, -0.1) is 0 Å². The SMILES string of the molecule is CC1C(C)C(C)C23CC24CCC2CCCC2C4CCC3C1C. The molecular weight excluding hydrogens is 264 g/mol. The Kier molecular flexibility index (Phi) is 2.83. The molecule has 0 aliphatic heterocycles. The van der Waals surface area contributed by atoms with Gasteiger partial charge in [-0.3, -0.25) is 0 Å². The van der Waals surface area contributed by atoms with Crippen LogP contribution in [0.2, 0.25) is 0 Å². The molecule has 5 aliphatic rings. The first-order valence-corrected chi connectivity index (χ1v) is 10.5. The minimum Gasteiger partial charge on any atom is -0.0620 e. The lowest BCUT2D eigenvalue weighted by Gasteiger charge is -2.58. The van der Waals surface area contributed by atoms with E-state index in [4.69, 9.17) is 0 Å². The molecule has 0 saturated heterocycles.